The number of rotatable bonds is 4. The van der Waals surface area contributed by atoms with Crippen LogP contribution >= 0.6 is 11.3 Å². The second kappa shape index (κ2) is 7.29. The van der Waals surface area contributed by atoms with E-state index < -0.39 is 0 Å². The van der Waals surface area contributed by atoms with E-state index in [4.69, 9.17) is 4.98 Å². The summed E-state index contributed by atoms with van der Waals surface area (Å²) in [5.41, 5.74) is 4.39. The zero-order chi connectivity index (χ0) is 17.8. The van der Waals surface area contributed by atoms with Crippen LogP contribution in [0.2, 0.25) is 0 Å². The molecule has 0 spiro atoms. The van der Waals surface area contributed by atoms with Gasteiger partial charge in [-0.1, -0.05) is 42.5 Å². The van der Waals surface area contributed by atoms with Crippen molar-refractivity contribution < 1.29 is 4.79 Å². The lowest BCUT2D eigenvalue weighted by Gasteiger charge is -2.05. The van der Waals surface area contributed by atoms with Crippen LogP contribution in [0.3, 0.4) is 0 Å². The van der Waals surface area contributed by atoms with Crippen molar-refractivity contribution in [2.75, 3.05) is 5.32 Å². The Kier molecular flexibility index (Phi) is 4.53. The van der Waals surface area contributed by atoms with E-state index in [1.165, 1.54) is 0 Å². The predicted octanol–water partition coefficient (Wildman–Crippen LogP) is 5.12. The number of pyridine rings is 1. The molecule has 0 aliphatic carbocycles. The highest BCUT2D eigenvalue weighted by atomic mass is 32.1. The van der Waals surface area contributed by atoms with Crippen LogP contribution in [0.4, 0.5) is 5.69 Å². The molecule has 4 rings (SSSR count). The highest BCUT2D eigenvalue weighted by Crippen LogP contribution is 2.29. The first-order valence-electron chi connectivity index (χ1n) is 8.12. The van der Waals surface area contributed by atoms with E-state index in [0.717, 1.165) is 27.5 Å². The summed E-state index contributed by atoms with van der Waals surface area (Å²) in [5, 5.41) is 5.93. The summed E-state index contributed by atoms with van der Waals surface area (Å²) in [4.78, 5) is 20.8. The Hall–Kier alpha value is -3.31. The van der Waals surface area contributed by atoms with Gasteiger partial charge in [0.2, 0.25) is 0 Å². The van der Waals surface area contributed by atoms with Gasteiger partial charge in [-0.25, -0.2) is 4.98 Å². The fourth-order valence-corrected chi connectivity index (χ4v) is 3.39. The van der Waals surface area contributed by atoms with Crippen LogP contribution < -0.4 is 5.32 Å². The topological polar surface area (TPSA) is 54.9 Å². The SMILES string of the molecule is O=C(Nc1ccc(-c2csc(-c3ccccc3)n2)cc1)c1ccncc1. The summed E-state index contributed by atoms with van der Waals surface area (Å²) < 4.78 is 0. The zero-order valence-electron chi connectivity index (χ0n) is 13.8. The van der Waals surface area contributed by atoms with Crippen LogP contribution in [0.25, 0.3) is 21.8 Å². The molecule has 0 radical (unpaired) electrons. The van der Waals surface area contributed by atoms with Gasteiger partial charge in [0.05, 0.1) is 5.69 Å². The molecule has 0 bridgehead atoms. The number of hydrogen-bond donors (Lipinski definition) is 1. The molecule has 0 unspecified atom stereocenters. The Morgan fingerprint density at radius 3 is 2.31 bits per heavy atom. The van der Waals surface area contributed by atoms with Crippen LogP contribution in [0.1, 0.15) is 10.4 Å². The van der Waals surface area contributed by atoms with Crippen molar-refractivity contribution in [1.29, 1.82) is 0 Å². The standard InChI is InChI=1S/C21H15N3OS/c25-20(16-10-12-22-13-11-16)23-18-8-6-15(7-9-18)19-14-26-21(24-19)17-4-2-1-3-5-17/h1-14H,(H,23,25). The summed E-state index contributed by atoms with van der Waals surface area (Å²) >= 11 is 1.62. The molecule has 4 nitrogen and oxygen atoms in total. The molecular formula is C21H15N3OS. The summed E-state index contributed by atoms with van der Waals surface area (Å²) in [6.07, 6.45) is 3.20. The third-order valence-corrected chi connectivity index (χ3v) is 4.80. The van der Waals surface area contributed by atoms with Gasteiger partial charge in [-0.05, 0) is 24.3 Å². The molecule has 2 aromatic heterocycles. The van der Waals surface area contributed by atoms with E-state index in [1.807, 2.05) is 47.8 Å². The maximum Gasteiger partial charge on any atom is 0.255 e. The minimum absolute atomic E-state index is 0.153. The van der Waals surface area contributed by atoms with Crippen molar-refractivity contribution in [3.63, 3.8) is 0 Å². The lowest BCUT2D eigenvalue weighted by Crippen LogP contribution is -2.11. The van der Waals surface area contributed by atoms with Gasteiger partial charge in [0, 0.05) is 40.2 Å². The molecule has 0 aliphatic rings. The monoisotopic (exact) mass is 357 g/mol. The summed E-state index contributed by atoms with van der Waals surface area (Å²) in [7, 11) is 0. The van der Waals surface area contributed by atoms with Crippen LogP contribution in [0.5, 0.6) is 0 Å². The highest BCUT2D eigenvalue weighted by molar-refractivity contribution is 7.13. The molecule has 1 amide bonds. The maximum absolute atomic E-state index is 12.2. The summed E-state index contributed by atoms with van der Waals surface area (Å²) in [6.45, 7) is 0. The van der Waals surface area contributed by atoms with Crippen molar-refractivity contribution >= 4 is 22.9 Å². The fourth-order valence-electron chi connectivity index (χ4n) is 2.55. The third kappa shape index (κ3) is 3.53. The molecule has 1 N–H and O–H groups in total. The Balaban J connectivity index is 1.50. The van der Waals surface area contributed by atoms with Crippen molar-refractivity contribution in [3.8, 4) is 21.8 Å². The molecule has 5 heteroatoms. The van der Waals surface area contributed by atoms with Crippen molar-refractivity contribution in [2.24, 2.45) is 0 Å². The van der Waals surface area contributed by atoms with E-state index in [0.29, 0.717) is 5.56 Å². The van der Waals surface area contributed by atoms with Crippen molar-refractivity contribution in [1.82, 2.24) is 9.97 Å². The van der Waals surface area contributed by atoms with Gasteiger partial charge in [0.15, 0.2) is 0 Å². The number of carbonyl (C=O) groups excluding carboxylic acids is 1. The predicted molar refractivity (Wildman–Crippen MR) is 105 cm³/mol. The first-order chi connectivity index (χ1) is 12.8. The van der Waals surface area contributed by atoms with E-state index in [2.05, 4.69) is 22.4 Å². The Morgan fingerprint density at radius 2 is 1.58 bits per heavy atom. The van der Waals surface area contributed by atoms with Crippen molar-refractivity contribution in [3.05, 3.63) is 90.1 Å². The second-order valence-corrected chi connectivity index (χ2v) is 6.53. The molecule has 0 saturated heterocycles. The van der Waals surface area contributed by atoms with Gasteiger partial charge >= 0.3 is 0 Å². The number of nitrogens with zero attached hydrogens (tertiary/aromatic N) is 2. The lowest BCUT2D eigenvalue weighted by molar-refractivity contribution is 0.102. The third-order valence-electron chi connectivity index (χ3n) is 3.91. The first kappa shape index (κ1) is 16.2. The zero-order valence-corrected chi connectivity index (χ0v) is 14.6. The molecule has 2 heterocycles. The normalized spacial score (nSPS) is 10.5. The van der Waals surface area contributed by atoms with Gasteiger partial charge in [0.25, 0.3) is 5.91 Å². The minimum atomic E-state index is -0.153. The number of anilines is 1. The molecule has 0 atom stereocenters. The second-order valence-electron chi connectivity index (χ2n) is 5.67. The van der Waals surface area contributed by atoms with Gasteiger partial charge in [0.1, 0.15) is 5.01 Å². The fraction of sp³-hybridized carbons (Fsp3) is 0. The van der Waals surface area contributed by atoms with Crippen LogP contribution in [0, 0.1) is 0 Å². The first-order valence-corrected chi connectivity index (χ1v) is 9.00. The molecule has 0 saturated carbocycles. The van der Waals surface area contributed by atoms with E-state index in [1.54, 1.807) is 35.9 Å². The summed E-state index contributed by atoms with van der Waals surface area (Å²) in [6, 6.07) is 21.2. The van der Waals surface area contributed by atoms with E-state index in [9.17, 15) is 4.79 Å². The largest absolute Gasteiger partial charge is 0.322 e. The smallest absolute Gasteiger partial charge is 0.255 e. The molecule has 0 aliphatic heterocycles. The number of aromatic nitrogens is 2. The highest BCUT2D eigenvalue weighted by Gasteiger charge is 2.08. The maximum atomic E-state index is 12.2. The van der Waals surface area contributed by atoms with Crippen LogP contribution in [-0.4, -0.2) is 15.9 Å². The van der Waals surface area contributed by atoms with Gasteiger partial charge in [-0.15, -0.1) is 11.3 Å². The number of amides is 1. The van der Waals surface area contributed by atoms with Crippen molar-refractivity contribution in [2.45, 2.75) is 0 Å². The number of benzene rings is 2. The molecule has 0 fully saturated rings. The molecule has 4 aromatic rings. The number of nitrogens with one attached hydrogen (secondary N) is 1. The van der Waals surface area contributed by atoms with E-state index >= 15 is 0 Å². The number of carbonyl (C=O) groups is 1. The minimum Gasteiger partial charge on any atom is -0.322 e. The summed E-state index contributed by atoms with van der Waals surface area (Å²) in [5.74, 6) is -0.153. The van der Waals surface area contributed by atoms with Gasteiger partial charge < -0.3 is 5.32 Å². The molecular weight excluding hydrogens is 342 g/mol. The van der Waals surface area contributed by atoms with Gasteiger partial charge in [-0.2, -0.15) is 0 Å². The number of thiazole rings is 1. The quantitative estimate of drug-likeness (QED) is 0.551. The molecule has 26 heavy (non-hydrogen) atoms. The lowest BCUT2D eigenvalue weighted by atomic mass is 10.1. The number of hydrogen-bond acceptors (Lipinski definition) is 4. The average molecular weight is 357 g/mol. The molecule has 2 aromatic carbocycles. The Morgan fingerprint density at radius 1 is 0.846 bits per heavy atom. The van der Waals surface area contributed by atoms with E-state index in [-0.39, 0.29) is 5.91 Å². The van der Waals surface area contributed by atoms with Gasteiger partial charge in [-0.3, -0.25) is 9.78 Å². The van der Waals surface area contributed by atoms with Crippen LogP contribution in [0.15, 0.2) is 84.5 Å². The van der Waals surface area contributed by atoms with Crippen LogP contribution in [-0.2, 0) is 0 Å². The Bertz CT molecular complexity index is 1010. The molecule has 126 valence electrons. The average Bonchev–Trinajstić information content (AvgIpc) is 3.20. The Labute approximate surface area is 155 Å².